The minimum atomic E-state index is -0.675. The first-order valence-electron chi connectivity index (χ1n) is 7.52. The SMILES string of the molecule is C/C(=C/c1ccc(Cl)cc1)C(=O)NCC(O)COCC1CC1. The van der Waals surface area contributed by atoms with Gasteiger partial charge in [0.05, 0.1) is 12.7 Å². The van der Waals surface area contributed by atoms with Crippen LogP contribution in [0.4, 0.5) is 0 Å². The van der Waals surface area contributed by atoms with Gasteiger partial charge in [-0.15, -0.1) is 0 Å². The molecule has 2 rings (SSSR count). The van der Waals surface area contributed by atoms with Crippen molar-refractivity contribution in [2.24, 2.45) is 5.92 Å². The van der Waals surface area contributed by atoms with Gasteiger partial charge in [-0.2, -0.15) is 0 Å². The number of hydrogen-bond acceptors (Lipinski definition) is 3. The molecule has 0 spiro atoms. The summed E-state index contributed by atoms with van der Waals surface area (Å²) in [5, 5.41) is 13.1. The zero-order valence-corrected chi connectivity index (χ0v) is 13.5. The van der Waals surface area contributed by atoms with Gasteiger partial charge in [0.2, 0.25) is 5.91 Å². The summed E-state index contributed by atoms with van der Waals surface area (Å²) < 4.78 is 5.39. The van der Waals surface area contributed by atoms with E-state index in [0.717, 1.165) is 5.56 Å². The molecule has 0 aromatic heterocycles. The molecule has 5 heteroatoms. The van der Waals surface area contributed by atoms with Crippen LogP contribution in [0.2, 0.25) is 5.02 Å². The Kier molecular flexibility index (Phi) is 6.43. The molecule has 0 saturated heterocycles. The second-order valence-electron chi connectivity index (χ2n) is 5.72. The van der Waals surface area contributed by atoms with E-state index in [1.807, 2.05) is 12.1 Å². The first kappa shape index (κ1) is 17.0. The van der Waals surface area contributed by atoms with E-state index >= 15 is 0 Å². The van der Waals surface area contributed by atoms with Crippen LogP contribution in [0.1, 0.15) is 25.3 Å². The molecule has 0 bridgehead atoms. The van der Waals surface area contributed by atoms with Crippen molar-refractivity contribution in [3.8, 4) is 0 Å². The van der Waals surface area contributed by atoms with Crippen LogP contribution in [0.5, 0.6) is 0 Å². The minimum Gasteiger partial charge on any atom is -0.389 e. The Morgan fingerprint density at radius 3 is 2.77 bits per heavy atom. The van der Waals surface area contributed by atoms with Gasteiger partial charge >= 0.3 is 0 Å². The zero-order chi connectivity index (χ0) is 15.9. The molecule has 1 aliphatic rings. The van der Waals surface area contributed by atoms with Crippen LogP contribution < -0.4 is 5.32 Å². The number of aliphatic hydroxyl groups is 1. The summed E-state index contributed by atoms with van der Waals surface area (Å²) >= 11 is 5.82. The van der Waals surface area contributed by atoms with E-state index in [-0.39, 0.29) is 19.1 Å². The molecule has 0 radical (unpaired) electrons. The van der Waals surface area contributed by atoms with E-state index in [1.54, 1.807) is 25.1 Å². The fraction of sp³-hybridized carbons (Fsp3) is 0.471. The third-order valence-electron chi connectivity index (χ3n) is 3.47. The van der Waals surface area contributed by atoms with Crippen molar-refractivity contribution in [1.29, 1.82) is 0 Å². The Labute approximate surface area is 136 Å². The van der Waals surface area contributed by atoms with Crippen molar-refractivity contribution < 1.29 is 14.6 Å². The summed E-state index contributed by atoms with van der Waals surface area (Å²) in [5.74, 6) is 0.475. The fourth-order valence-corrected chi connectivity index (χ4v) is 2.06. The van der Waals surface area contributed by atoms with Gasteiger partial charge in [0.25, 0.3) is 0 Å². The second-order valence-corrected chi connectivity index (χ2v) is 6.16. The average Bonchev–Trinajstić information content (AvgIpc) is 3.31. The molecule has 0 aliphatic heterocycles. The molecular weight excluding hydrogens is 302 g/mol. The van der Waals surface area contributed by atoms with Gasteiger partial charge in [-0.25, -0.2) is 0 Å². The Morgan fingerprint density at radius 2 is 2.14 bits per heavy atom. The predicted molar refractivity (Wildman–Crippen MR) is 87.7 cm³/mol. The van der Waals surface area contributed by atoms with E-state index in [9.17, 15) is 9.90 Å². The van der Waals surface area contributed by atoms with E-state index in [1.165, 1.54) is 12.8 Å². The van der Waals surface area contributed by atoms with Crippen LogP contribution in [0.15, 0.2) is 29.8 Å². The van der Waals surface area contributed by atoms with E-state index in [4.69, 9.17) is 16.3 Å². The lowest BCUT2D eigenvalue weighted by molar-refractivity contribution is -0.118. The first-order chi connectivity index (χ1) is 10.5. The number of carbonyl (C=O) groups is 1. The van der Waals surface area contributed by atoms with Crippen molar-refractivity contribution >= 4 is 23.6 Å². The third-order valence-corrected chi connectivity index (χ3v) is 3.72. The molecule has 0 heterocycles. The molecule has 120 valence electrons. The van der Waals surface area contributed by atoms with Crippen LogP contribution >= 0.6 is 11.6 Å². The summed E-state index contributed by atoms with van der Waals surface area (Å²) in [6.45, 7) is 2.90. The number of rotatable bonds is 8. The summed E-state index contributed by atoms with van der Waals surface area (Å²) in [6, 6.07) is 7.25. The number of hydrogen-bond donors (Lipinski definition) is 2. The van der Waals surface area contributed by atoms with Gasteiger partial charge < -0.3 is 15.2 Å². The quantitative estimate of drug-likeness (QED) is 0.723. The minimum absolute atomic E-state index is 0.190. The summed E-state index contributed by atoms with van der Waals surface area (Å²) in [5.41, 5.74) is 1.48. The van der Waals surface area contributed by atoms with Gasteiger partial charge in [0.15, 0.2) is 0 Å². The summed E-state index contributed by atoms with van der Waals surface area (Å²) in [6.07, 6.45) is 3.55. The van der Waals surface area contributed by atoms with Gasteiger partial charge in [0.1, 0.15) is 0 Å². The molecule has 4 nitrogen and oxygen atoms in total. The van der Waals surface area contributed by atoms with E-state index in [0.29, 0.717) is 23.1 Å². The van der Waals surface area contributed by atoms with Crippen LogP contribution in [0.25, 0.3) is 6.08 Å². The molecule has 1 amide bonds. The molecule has 1 aromatic rings. The van der Waals surface area contributed by atoms with Crippen molar-refractivity contribution in [3.05, 3.63) is 40.4 Å². The molecule has 1 aromatic carbocycles. The molecule has 1 saturated carbocycles. The smallest absolute Gasteiger partial charge is 0.247 e. The van der Waals surface area contributed by atoms with Gasteiger partial charge in [-0.3, -0.25) is 4.79 Å². The Balaban J connectivity index is 1.71. The van der Waals surface area contributed by atoms with Gasteiger partial charge in [-0.05, 0) is 49.5 Å². The second kappa shape index (κ2) is 8.32. The lowest BCUT2D eigenvalue weighted by atomic mass is 10.1. The fourth-order valence-electron chi connectivity index (χ4n) is 1.94. The third kappa shape index (κ3) is 6.18. The number of carbonyl (C=O) groups excluding carboxylic acids is 1. The summed E-state index contributed by atoms with van der Waals surface area (Å²) in [4.78, 5) is 12.0. The molecule has 1 aliphatic carbocycles. The number of nitrogens with one attached hydrogen (secondary N) is 1. The summed E-state index contributed by atoms with van der Waals surface area (Å²) in [7, 11) is 0. The monoisotopic (exact) mass is 323 g/mol. The molecule has 1 atom stereocenters. The van der Waals surface area contributed by atoms with Gasteiger partial charge in [0, 0.05) is 23.7 Å². The highest BCUT2D eigenvalue weighted by Crippen LogP contribution is 2.28. The number of aliphatic hydroxyl groups excluding tert-OH is 1. The van der Waals surface area contributed by atoms with Crippen molar-refractivity contribution in [2.45, 2.75) is 25.9 Å². The lowest BCUT2D eigenvalue weighted by Gasteiger charge is -2.12. The van der Waals surface area contributed by atoms with Crippen molar-refractivity contribution in [3.63, 3.8) is 0 Å². The number of halogens is 1. The highest BCUT2D eigenvalue weighted by atomic mass is 35.5. The maximum atomic E-state index is 12.0. The molecule has 2 N–H and O–H groups in total. The standard InChI is InChI=1S/C17H22ClNO3/c1-12(8-13-4-6-15(18)7-5-13)17(21)19-9-16(20)11-22-10-14-2-3-14/h4-8,14,16,20H,2-3,9-11H2,1H3,(H,19,21)/b12-8-. The highest BCUT2D eigenvalue weighted by Gasteiger charge is 2.21. The van der Waals surface area contributed by atoms with Crippen molar-refractivity contribution in [2.75, 3.05) is 19.8 Å². The van der Waals surface area contributed by atoms with Crippen LogP contribution in [-0.2, 0) is 9.53 Å². The zero-order valence-electron chi connectivity index (χ0n) is 12.7. The molecule has 1 unspecified atom stereocenters. The average molecular weight is 324 g/mol. The van der Waals surface area contributed by atoms with E-state index < -0.39 is 6.10 Å². The predicted octanol–water partition coefficient (Wildman–Crippen LogP) is 2.65. The Hall–Kier alpha value is -1.36. The number of ether oxygens (including phenoxy) is 1. The maximum Gasteiger partial charge on any atom is 0.247 e. The Bertz CT molecular complexity index is 523. The maximum absolute atomic E-state index is 12.0. The first-order valence-corrected chi connectivity index (χ1v) is 7.90. The van der Waals surface area contributed by atoms with Crippen LogP contribution in [0.3, 0.4) is 0 Å². The normalized spacial score (nSPS) is 16.4. The topological polar surface area (TPSA) is 58.6 Å². The van der Waals surface area contributed by atoms with Gasteiger partial charge in [-0.1, -0.05) is 23.7 Å². The molecular formula is C17H22ClNO3. The highest BCUT2D eigenvalue weighted by molar-refractivity contribution is 6.30. The lowest BCUT2D eigenvalue weighted by Crippen LogP contribution is -2.35. The largest absolute Gasteiger partial charge is 0.389 e. The number of amides is 1. The molecule has 1 fully saturated rings. The van der Waals surface area contributed by atoms with E-state index in [2.05, 4.69) is 5.32 Å². The Morgan fingerprint density at radius 1 is 1.45 bits per heavy atom. The van der Waals surface area contributed by atoms with Crippen LogP contribution in [0, 0.1) is 5.92 Å². The molecule has 22 heavy (non-hydrogen) atoms. The number of benzene rings is 1. The van der Waals surface area contributed by atoms with Crippen LogP contribution in [-0.4, -0.2) is 36.9 Å². The van der Waals surface area contributed by atoms with Crippen molar-refractivity contribution in [1.82, 2.24) is 5.32 Å².